The smallest absolute Gasteiger partial charge is 0.180 e. The van der Waals surface area contributed by atoms with Gasteiger partial charge in [-0.3, -0.25) is 0 Å². The Morgan fingerprint density at radius 2 is 2.05 bits per heavy atom. The first-order chi connectivity index (χ1) is 9.21. The van der Waals surface area contributed by atoms with Crippen molar-refractivity contribution in [3.05, 3.63) is 18.6 Å². The van der Waals surface area contributed by atoms with Crippen molar-refractivity contribution in [1.29, 1.82) is 0 Å². The zero-order chi connectivity index (χ0) is 13.8. The first-order valence-electron chi connectivity index (χ1n) is 7.01. The number of hydrogen-bond acceptors (Lipinski definition) is 4. The molecule has 0 fully saturated rings. The first kappa shape index (κ1) is 13.6. The number of anilines is 2. The fraction of sp³-hybridized carbons (Fsp3) is 0.571. The van der Waals surface area contributed by atoms with Crippen LogP contribution in [0, 0.1) is 0 Å². The number of hydrogen-bond donors (Lipinski definition) is 1. The molecule has 104 valence electrons. The van der Waals surface area contributed by atoms with Crippen molar-refractivity contribution >= 4 is 17.3 Å². The fourth-order valence-corrected chi connectivity index (χ4v) is 2.43. The van der Waals surface area contributed by atoms with Crippen molar-refractivity contribution in [2.75, 3.05) is 23.8 Å². The molecule has 0 saturated heterocycles. The molecule has 2 aromatic heterocycles. The average Bonchev–Trinajstić information content (AvgIpc) is 2.87. The molecular formula is C14H23N5. The molecule has 5 nitrogen and oxygen atoms in total. The summed E-state index contributed by atoms with van der Waals surface area (Å²) < 4.78 is 2.03. The van der Waals surface area contributed by atoms with E-state index in [1.807, 2.05) is 23.0 Å². The number of nitrogens with one attached hydrogen (secondary N) is 1. The molecular weight excluding hydrogens is 238 g/mol. The number of imidazole rings is 1. The minimum absolute atomic E-state index is 0.491. The molecule has 5 heteroatoms. The van der Waals surface area contributed by atoms with E-state index in [1.54, 1.807) is 0 Å². The van der Waals surface area contributed by atoms with Crippen LogP contribution in [0.25, 0.3) is 5.65 Å². The van der Waals surface area contributed by atoms with Crippen molar-refractivity contribution in [2.24, 2.45) is 0 Å². The molecule has 0 unspecified atom stereocenters. The second kappa shape index (κ2) is 5.91. The van der Waals surface area contributed by atoms with E-state index in [2.05, 4.69) is 43.0 Å². The van der Waals surface area contributed by atoms with E-state index in [0.717, 1.165) is 36.7 Å². The van der Waals surface area contributed by atoms with E-state index in [4.69, 9.17) is 4.98 Å². The topological polar surface area (TPSA) is 45.5 Å². The van der Waals surface area contributed by atoms with Gasteiger partial charge in [0.25, 0.3) is 0 Å². The van der Waals surface area contributed by atoms with Gasteiger partial charge >= 0.3 is 0 Å². The van der Waals surface area contributed by atoms with E-state index < -0.39 is 0 Å². The van der Waals surface area contributed by atoms with Gasteiger partial charge in [0, 0.05) is 32.0 Å². The quantitative estimate of drug-likeness (QED) is 0.868. The lowest BCUT2D eigenvalue weighted by molar-refractivity contribution is 0.587. The van der Waals surface area contributed by atoms with Crippen molar-refractivity contribution in [2.45, 2.75) is 39.7 Å². The van der Waals surface area contributed by atoms with Crippen LogP contribution in [0.1, 0.15) is 33.6 Å². The van der Waals surface area contributed by atoms with Crippen molar-refractivity contribution in [3.63, 3.8) is 0 Å². The zero-order valence-electron chi connectivity index (χ0n) is 12.2. The third-order valence-electron chi connectivity index (χ3n) is 3.54. The second-order valence-corrected chi connectivity index (χ2v) is 4.72. The van der Waals surface area contributed by atoms with Gasteiger partial charge in [0.2, 0.25) is 0 Å². The minimum Gasteiger partial charge on any atom is -0.369 e. The molecule has 0 radical (unpaired) electrons. The zero-order valence-corrected chi connectivity index (χ0v) is 12.2. The van der Waals surface area contributed by atoms with Gasteiger partial charge in [-0.05, 0) is 19.8 Å². The Morgan fingerprint density at radius 1 is 1.32 bits per heavy atom. The Balaban J connectivity index is 2.47. The summed E-state index contributed by atoms with van der Waals surface area (Å²) >= 11 is 0. The molecule has 2 heterocycles. The lowest BCUT2D eigenvalue weighted by Crippen LogP contribution is -2.31. The molecule has 2 rings (SSSR count). The van der Waals surface area contributed by atoms with Crippen molar-refractivity contribution in [1.82, 2.24) is 14.4 Å². The Bertz CT molecular complexity index is 530. The Kier molecular flexibility index (Phi) is 4.24. The molecule has 0 aliphatic carbocycles. The summed E-state index contributed by atoms with van der Waals surface area (Å²) in [4.78, 5) is 11.4. The minimum atomic E-state index is 0.491. The van der Waals surface area contributed by atoms with Crippen LogP contribution in [-0.4, -0.2) is 34.0 Å². The number of fused-ring (bicyclic) bond motifs is 1. The van der Waals surface area contributed by atoms with E-state index in [1.165, 1.54) is 0 Å². The van der Waals surface area contributed by atoms with Crippen molar-refractivity contribution < 1.29 is 0 Å². The molecule has 0 aromatic carbocycles. The highest BCUT2D eigenvalue weighted by molar-refractivity contribution is 5.66. The van der Waals surface area contributed by atoms with E-state index >= 15 is 0 Å². The molecule has 0 saturated carbocycles. The van der Waals surface area contributed by atoms with Gasteiger partial charge in [-0.1, -0.05) is 13.8 Å². The van der Waals surface area contributed by atoms with Crippen LogP contribution in [0.3, 0.4) is 0 Å². The normalized spacial score (nSPS) is 11.2. The molecule has 0 aliphatic rings. The molecule has 0 aliphatic heterocycles. The van der Waals surface area contributed by atoms with Gasteiger partial charge in [-0.2, -0.15) is 0 Å². The molecule has 19 heavy (non-hydrogen) atoms. The van der Waals surface area contributed by atoms with Crippen LogP contribution in [0.5, 0.6) is 0 Å². The highest BCUT2D eigenvalue weighted by Gasteiger charge is 2.17. The lowest BCUT2D eigenvalue weighted by Gasteiger charge is -2.27. The van der Waals surface area contributed by atoms with E-state index in [9.17, 15) is 0 Å². The van der Waals surface area contributed by atoms with Crippen LogP contribution in [0.15, 0.2) is 18.6 Å². The monoisotopic (exact) mass is 261 g/mol. The summed E-state index contributed by atoms with van der Waals surface area (Å²) in [5, 5.41) is 3.27. The molecule has 0 spiro atoms. The highest BCUT2D eigenvalue weighted by atomic mass is 15.2. The lowest BCUT2D eigenvalue weighted by atomic mass is 10.1. The van der Waals surface area contributed by atoms with Crippen LogP contribution in [-0.2, 0) is 0 Å². The van der Waals surface area contributed by atoms with Gasteiger partial charge in [0.05, 0.1) is 6.20 Å². The summed E-state index contributed by atoms with van der Waals surface area (Å²) in [7, 11) is 2.10. The van der Waals surface area contributed by atoms with Gasteiger partial charge < -0.3 is 14.6 Å². The van der Waals surface area contributed by atoms with Crippen molar-refractivity contribution in [3.8, 4) is 0 Å². The molecule has 0 atom stereocenters. The Morgan fingerprint density at radius 3 is 2.68 bits per heavy atom. The maximum atomic E-state index is 4.71. The summed E-state index contributed by atoms with van der Waals surface area (Å²) in [5.74, 6) is 1.83. The Hall–Kier alpha value is -1.78. The van der Waals surface area contributed by atoms with E-state index in [-0.39, 0.29) is 0 Å². The third-order valence-corrected chi connectivity index (χ3v) is 3.54. The molecule has 0 bridgehead atoms. The number of rotatable bonds is 6. The Labute approximate surface area is 114 Å². The predicted molar refractivity (Wildman–Crippen MR) is 79.9 cm³/mol. The van der Waals surface area contributed by atoms with Gasteiger partial charge in [0.15, 0.2) is 11.5 Å². The molecule has 0 amide bonds. The SMILES string of the molecule is CCNc1cn2ccnc2c(N(C)C(CC)CC)n1. The fourth-order valence-electron chi connectivity index (χ4n) is 2.43. The number of aromatic nitrogens is 3. The maximum absolute atomic E-state index is 4.71. The third kappa shape index (κ3) is 2.64. The number of nitrogens with zero attached hydrogens (tertiary/aromatic N) is 4. The largest absolute Gasteiger partial charge is 0.369 e. The maximum Gasteiger partial charge on any atom is 0.180 e. The standard InChI is InChI=1S/C14H23N5/c1-5-11(6-2)18(4)14-13-16-8-9-19(13)10-12(17-14)15-7-3/h8-11,15H,5-7H2,1-4H3. The summed E-state index contributed by atoms with van der Waals surface area (Å²) in [6.45, 7) is 7.36. The second-order valence-electron chi connectivity index (χ2n) is 4.72. The van der Waals surface area contributed by atoms with Crippen LogP contribution in [0.4, 0.5) is 11.6 Å². The molecule has 1 N–H and O–H groups in total. The van der Waals surface area contributed by atoms with Gasteiger partial charge in [-0.25, -0.2) is 9.97 Å². The van der Waals surface area contributed by atoms with Gasteiger partial charge in [-0.15, -0.1) is 0 Å². The highest BCUT2D eigenvalue weighted by Crippen LogP contribution is 2.23. The first-order valence-corrected chi connectivity index (χ1v) is 7.01. The summed E-state index contributed by atoms with van der Waals surface area (Å²) in [6, 6.07) is 0.491. The van der Waals surface area contributed by atoms with E-state index in [0.29, 0.717) is 6.04 Å². The average molecular weight is 261 g/mol. The van der Waals surface area contributed by atoms with Crippen LogP contribution >= 0.6 is 0 Å². The summed E-state index contributed by atoms with van der Waals surface area (Å²) in [5.41, 5.74) is 0.913. The summed E-state index contributed by atoms with van der Waals surface area (Å²) in [6.07, 6.45) is 7.97. The van der Waals surface area contributed by atoms with Gasteiger partial charge in [0.1, 0.15) is 5.82 Å². The van der Waals surface area contributed by atoms with Crippen LogP contribution < -0.4 is 10.2 Å². The van der Waals surface area contributed by atoms with Crippen LogP contribution in [0.2, 0.25) is 0 Å². The molecule has 2 aromatic rings. The predicted octanol–water partition coefficient (Wildman–Crippen LogP) is 2.79.